The van der Waals surface area contributed by atoms with Crippen LogP contribution in [0.25, 0.3) is 0 Å². The summed E-state index contributed by atoms with van der Waals surface area (Å²) in [4.78, 5) is 26.5. The lowest BCUT2D eigenvalue weighted by Crippen LogP contribution is -2.66. The average molecular weight is 281 g/mol. The Kier molecular flexibility index (Phi) is 5.02. The van der Waals surface area contributed by atoms with E-state index in [0.29, 0.717) is 19.1 Å². The molecule has 0 radical (unpaired) electrons. The SMILES string of the molecule is CCNC(=O)C(C(C)C)N1CC(=O)NC2CCCCC21. The number of piperazine rings is 1. The van der Waals surface area contributed by atoms with Crippen molar-refractivity contribution in [1.82, 2.24) is 15.5 Å². The second-order valence-corrected chi connectivity index (χ2v) is 6.28. The zero-order valence-electron chi connectivity index (χ0n) is 12.8. The normalized spacial score (nSPS) is 28.7. The van der Waals surface area contributed by atoms with Crippen molar-refractivity contribution < 1.29 is 9.59 Å². The minimum Gasteiger partial charge on any atom is -0.355 e. The van der Waals surface area contributed by atoms with E-state index in [2.05, 4.69) is 29.4 Å². The van der Waals surface area contributed by atoms with E-state index in [1.54, 1.807) is 0 Å². The molecule has 1 saturated carbocycles. The second-order valence-electron chi connectivity index (χ2n) is 6.28. The molecule has 0 aromatic carbocycles. The molecular weight excluding hydrogens is 254 g/mol. The number of hydrogen-bond donors (Lipinski definition) is 2. The molecule has 2 fully saturated rings. The summed E-state index contributed by atoms with van der Waals surface area (Å²) in [5, 5.41) is 6.02. The van der Waals surface area contributed by atoms with E-state index in [1.165, 1.54) is 12.8 Å². The molecule has 0 aromatic rings. The highest BCUT2D eigenvalue weighted by molar-refractivity contribution is 5.84. The Bertz CT molecular complexity index is 370. The van der Waals surface area contributed by atoms with Crippen LogP contribution >= 0.6 is 0 Å². The largest absolute Gasteiger partial charge is 0.355 e. The summed E-state index contributed by atoms with van der Waals surface area (Å²) in [6.45, 7) is 7.04. The van der Waals surface area contributed by atoms with E-state index in [4.69, 9.17) is 0 Å². The summed E-state index contributed by atoms with van der Waals surface area (Å²) in [6.07, 6.45) is 4.47. The lowest BCUT2D eigenvalue weighted by atomic mass is 9.85. The van der Waals surface area contributed by atoms with Crippen molar-refractivity contribution in [1.29, 1.82) is 0 Å². The molecule has 0 spiro atoms. The molecule has 2 N–H and O–H groups in total. The van der Waals surface area contributed by atoms with Crippen LogP contribution in [0.1, 0.15) is 46.5 Å². The molecule has 1 heterocycles. The third kappa shape index (κ3) is 3.14. The number of amides is 2. The number of carbonyl (C=O) groups excluding carboxylic acids is 2. The predicted octanol–water partition coefficient (Wildman–Crippen LogP) is 0.890. The summed E-state index contributed by atoms with van der Waals surface area (Å²) in [5.41, 5.74) is 0. The second kappa shape index (κ2) is 6.57. The minimum atomic E-state index is -0.202. The highest BCUT2D eigenvalue weighted by Gasteiger charge is 2.42. The third-order valence-electron chi connectivity index (χ3n) is 4.44. The smallest absolute Gasteiger partial charge is 0.237 e. The molecule has 114 valence electrons. The summed E-state index contributed by atoms with van der Waals surface area (Å²) in [7, 11) is 0. The van der Waals surface area contributed by atoms with Gasteiger partial charge in [0.2, 0.25) is 11.8 Å². The number of rotatable bonds is 4. The summed E-state index contributed by atoms with van der Waals surface area (Å²) < 4.78 is 0. The molecule has 3 unspecified atom stereocenters. The highest BCUT2D eigenvalue weighted by Crippen LogP contribution is 2.29. The Hall–Kier alpha value is -1.10. The minimum absolute atomic E-state index is 0.0570. The topological polar surface area (TPSA) is 61.4 Å². The summed E-state index contributed by atoms with van der Waals surface area (Å²) in [5.74, 6) is 0.319. The summed E-state index contributed by atoms with van der Waals surface area (Å²) >= 11 is 0. The number of nitrogens with one attached hydrogen (secondary N) is 2. The molecule has 0 aromatic heterocycles. The number of likely N-dealkylation sites (N-methyl/N-ethyl adjacent to an activating group) is 1. The first-order chi connectivity index (χ1) is 9.54. The third-order valence-corrected chi connectivity index (χ3v) is 4.44. The van der Waals surface area contributed by atoms with Gasteiger partial charge in [-0.05, 0) is 25.7 Å². The van der Waals surface area contributed by atoms with E-state index < -0.39 is 0 Å². The molecular formula is C15H27N3O2. The number of carbonyl (C=O) groups is 2. The molecule has 5 heteroatoms. The van der Waals surface area contributed by atoms with Gasteiger partial charge in [0.25, 0.3) is 0 Å². The van der Waals surface area contributed by atoms with Crippen LogP contribution in [-0.2, 0) is 9.59 Å². The Labute approximate surface area is 121 Å². The monoisotopic (exact) mass is 281 g/mol. The first-order valence-electron chi connectivity index (χ1n) is 7.87. The van der Waals surface area contributed by atoms with Crippen LogP contribution in [0.2, 0.25) is 0 Å². The molecule has 2 amide bonds. The molecule has 5 nitrogen and oxygen atoms in total. The molecule has 1 saturated heterocycles. The zero-order valence-corrected chi connectivity index (χ0v) is 12.8. The van der Waals surface area contributed by atoms with Gasteiger partial charge < -0.3 is 10.6 Å². The molecule has 2 rings (SSSR count). The van der Waals surface area contributed by atoms with Crippen molar-refractivity contribution in [3.05, 3.63) is 0 Å². The van der Waals surface area contributed by atoms with Gasteiger partial charge in [-0.15, -0.1) is 0 Å². The maximum absolute atomic E-state index is 12.4. The molecule has 1 aliphatic heterocycles. The van der Waals surface area contributed by atoms with Crippen LogP contribution in [0, 0.1) is 5.92 Å². The van der Waals surface area contributed by atoms with Crippen molar-refractivity contribution in [2.24, 2.45) is 5.92 Å². The van der Waals surface area contributed by atoms with Gasteiger partial charge in [0, 0.05) is 18.6 Å². The van der Waals surface area contributed by atoms with Crippen LogP contribution in [0.3, 0.4) is 0 Å². The first-order valence-corrected chi connectivity index (χ1v) is 7.87. The number of hydrogen-bond acceptors (Lipinski definition) is 3. The van der Waals surface area contributed by atoms with Gasteiger partial charge in [-0.25, -0.2) is 0 Å². The van der Waals surface area contributed by atoms with Crippen LogP contribution < -0.4 is 10.6 Å². The van der Waals surface area contributed by atoms with E-state index in [-0.39, 0.29) is 29.8 Å². The lowest BCUT2D eigenvalue weighted by molar-refractivity contribution is -0.137. The molecule has 20 heavy (non-hydrogen) atoms. The standard InChI is InChI=1S/C15H27N3O2/c1-4-16-15(20)14(10(2)3)18-9-13(19)17-11-7-5-6-8-12(11)18/h10-12,14H,4-9H2,1-3H3,(H,16,20)(H,17,19). The van der Waals surface area contributed by atoms with Gasteiger partial charge in [0.05, 0.1) is 12.6 Å². The van der Waals surface area contributed by atoms with Gasteiger partial charge >= 0.3 is 0 Å². The average Bonchev–Trinajstić information content (AvgIpc) is 2.38. The van der Waals surface area contributed by atoms with Crippen molar-refractivity contribution in [2.75, 3.05) is 13.1 Å². The quantitative estimate of drug-likeness (QED) is 0.804. The maximum atomic E-state index is 12.4. The Balaban J connectivity index is 2.20. The van der Waals surface area contributed by atoms with Crippen molar-refractivity contribution in [2.45, 2.75) is 64.6 Å². The zero-order chi connectivity index (χ0) is 14.7. The van der Waals surface area contributed by atoms with Crippen LogP contribution in [-0.4, -0.2) is 47.9 Å². The van der Waals surface area contributed by atoms with Crippen molar-refractivity contribution in [3.8, 4) is 0 Å². The van der Waals surface area contributed by atoms with Gasteiger partial charge in [-0.3, -0.25) is 14.5 Å². The van der Waals surface area contributed by atoms with E-state index in [1.807, 2.05) is 6.92 Å². The molecule has 1 aliphatic carbocycles. The first kappa shape index (κ1) is 15.3. The Morgan fingerprint density at radius 1 is 1.40 bits per heavy atom. The molecule has 2 aliphatic rings. The Morgan fingerprint density at radius 3 is 2.75 bits per heavy atom. The van der Waals surface area contributed by atoms with E-state index >= 15 is 0 Å². The fraction of sp³-hybridized carbons (Fsp3) is 0.867. The van der Waals surface area contributed by atoms with Gasteiger partial charge in [-0.2, -0.15) is 0 Å². The fourth-order valence-electron chi connectivity index (χ4n) is 3.63. The van der Waals surface area contributed by atoms with Crippen molar-refractivity contribution in [3.63, 3.8) is 0 Å². The van der Waals surface area contributed by atoms with Gasteiger partial charge in [0.15, 0.2) is 0 Å². The van der Waals surface area contributed by atoms with E-state index in [9.17, 15) is 9.59 Å². The Morgan fingerprint density at radius 2 is 2.10 bits per heavy atom. The predicted molar refractivity (Wildman–Crippen MR) is 78.2 cm³/mol. The van der Waals surface area contributed by atoms with E-state index in [0.717, 1.165) is 12.8 Å². The van der Waals surface area contributed by atoms with Crippen LogP contribution in [0.5, 0.6) is 0 Å². The van der Waals surface area contributed by atoms with Crippen molar-refractivity contribution >= 4 is 11.8 Å². The lowest BCUT2D eigenvalue weighted by Gasteiger charge is -2.47. The fourth-order valence-corrected chi connectivity index (χ4v) is 3.63. The van der Waals surface area contributed by atoms with Gasteiger partial charge in [0.1, 0.15) is 0 Å². The van der Waals surface area contributed by atoms with Gasteiger partial charge in [-0.1, -0.05) is 26.7 Å². The summed E-state index contributed by atoms with van der Waals surface area (Å²) in [6, 6.07) is 0.337. The molecule has 3 atom stereocenters. The highest BCUT2D eigenvalue weighted by atomic mass is 16.2. The maximum Gasteiger partial charge on any atom is 0.237 e. The van der Waals surface area contributed by atoms with Crippen LogP contribution in [0.4, 0.5) is 0 Å². The molecule has 0 bridgehead atoms. The number of fused-ring (bicyclic) bond motifs is 1. The van der Waals surface area contributed by atoms with Crippen LogP contribution in [0.15, 0.2) is 0 Å². The number of nitrogens with zero attached hydrogens (tertiary/aromatic N) is 1.